The van der Waals surface area contributed by atoms with Crippen molar-refractivity contribution in [1.82, 2.24) is 15.1 Å². The van der Waals surface area contributed by atoms with Crippen LogP contribution in [0.4, 0.5) is 0 Å². The number of nitrogens with one attached hydrogen (secondary N) is 1. The highest BCUT2D eigenvalue weighted by molar-refractivity contribution is 6.30. The summed E-state index contributed by atoms with van der Waals surface area (Å²) in [5, 5.41) is 4.30. The number of likely N-dealkylation sites (tertiary alicyclic amines) is 2. The van der Waals surface area contributed by atoms with Crippen LogP contribution in [0.2, 0.25) is 5.02 Å². The summed E-state index contributed by atoms with van der Waals surface area (Å²) in [5.41, 5.74) is 1.32. The van der Waals surface area contributed by atoms with Gasteiger partial charge < -0.3 is 10.2 Å². The van der Waals surface area contributed by atoms with E-state index in [1.807, 2.05) is 6.07 Å². The lowest BCUT2D eigenvalue weighted by Gasteiger charge is -2.39. The first-order chi connectivity index (χ1) is 12.2. The number of nitrogens with zero attached hydrogens (tertiary/aromatic N) is 3. The molecule has 0 spiro atoms. The Balaban J connectivity index is 1.76. The average Bonchev–Trinajstić information content (AvgIpc) is 3.13. The molecule has 0 bridgehead atoms. The summed E-state index contributed by atoms with van der Waals surface area (Å²) in [4.78, 5) is 9.90. The zero-order valence-corrected chi connectivity index (χ0v) is 16.3. The Hall–Kier alpha value is -1.26. The van der Waals surface area contributed by atoms with E-state index in [0.29, 0.717) is 12.0 Å². The Morgan fingerprint density at radius 2 is 2.04 bits per heavy atom. The highest BCUT2D eigenvalue weighted by Gasteiger charge is 2.30. The summed E-state index contributed by atoms with van der Waals surface area (Å²) in [6.45, 7) is 7.36. The van der Waals surface area contributed by atoms with Crippen LogP contribution in [0.25, 0.3) is 0 Å². The fourth-order valence-corrected chi connectivity index (χ4v) is 4.43. The van der Waals surface area contributed by atoms with Crippen LogP contribution < -0.4 is 5.32 Å². The number of aliphatic imine (C=N–C) groups is 1. The maximum atomic E-state index is 6.25. The van der Waals surface area contributed by atoms with Crippen LogP contribution in [0.5, 0.6) is 0 Å². The molecule has 4 nitrogen and oxygen atoms in total. The van der Waals surface area contributed by atoms with E-state index in [1.165, 1.54) is 31.2 Å². The smallest absolute Gasteiger partial charge is 0.193 e. The van der Waals surface area contributed by atoms with E-state index in [4.69, 9.17) is 16.6 Å². The molecule has 2 aliphatic heterocycles. The summed E-state index contributed by atoms with van der Waals surface area (Å²) in [7, 11) is 2.23. The summed E-state index contributed by atoms with van der Waals surface area (Å²) in [6, 6.07) is 8.75. The molecule has 2 fully saturated rings. The molecule has 2 heterocycles. The lowest BCUT2D eigenvalue weighted by Crippen LogP contribution is -2.41. The Labute approximate surface area is 157 Å². The van der Waals surface area contributed by atoms with E-state index in [-0.39, 0.29) is 0 Å². The van der Waals surface area contributed by atoms with Crippen molar-refractivity contribution in [3.63, 3.8) is 0 Å². The van der Waals surface area contributed by atoms with Crippen molar-refractivity contribution in [2.45, 2.75) is 38.6 Å². The number of guanidine groups is 1. The third-order valence-corrected chi connectivity index (χ3v) is 5.65. The van der Waals surface area contributed by atoms with Crippen molar-refractivity contribution in [3.8, 4) is 0 Å². The molecule has 2 saturated heterocycles. The predicted octanol–water partition coefficient (Wildman–Crippen LogP) is 3.78. The lowest BCUT2D eigenvalue weighted by molar-refractivity contribution is 0.125. The molecule has 2 atom stereocenters. The summed E-state index contributed by atoms with van der Waals surface area (Å²) < 4.78 is 0. The van der Waals surface area contributed by atoms with Gasteiger partial charge in [0.25, 0.3) is 0 Å². The van der Waals surface area contributed by atoms with E-state index in [1.54, 1.807) is 0 Å². The minimum Gasteiger partial charge on any atom is -0.357 e. The highest BCUT2D eigenvalue weighted by Crippen LogP contribution is 2.36. The van der Waals surface area contributed by atoms with Crippen molar-refractivity contribution in [3.05, 3.63) is 34.9 Å². The monoisotopic (exact) mass is 362 g/mol. The summed E-state index contributed by atoms with van der Waals surface area (Å²) in [6.07, 6.45) is 5.03. The second-order valence-corrected chi connectivity index (χ2v) is 7.71. The van der Waals surface area contributed by atoms with E-state index in [0.717, 1.165) is 43.7 Å². The molecule has 0 radical (unpaired) electrons. The van der Waals surface area contributed by atoms with Gasteiger partial charge in [-0.2, -0.15) is 0 Å². The van der Waals surface area contributed by atoms with Crippen molar-refractivity contribution in [2.24, 2.45) is 10.9 Å². The van der Waals surface area contributed by atoms with E-state index in [9.17, 15) is 0 Å². The van der Waals surface area contributed by atoms with Gasteiger partial charge in [-0.1, -0.05) is 23.7 Å². The van der Waals surface area contributed by atoms with Crippen molar-refractivity contribution < 1.29 is 0 Å². The van der Waals surface area contributed by atoms with Crippen LogP contribution in [0, 0.1) is 5.92 Å². The third-order valence-electron chi connectivity index (χ3n) is 5.41. The molecule has 1 aromatic carbocycles. The van der Waals surface area contributed by atoms with Gasteiger partial charge in [-0.3, -0.25) is 9.89 Å². The molecule has 0 saturated carbocycles. The number of hydrogen-bond acceptors (Lipinski definition) is 2. The summed E-state index contributed by atoms with van der Waals surface area (Å²) >= 11 is 6.25. The van der Waals surface area contributed by atoms with Gasteiger partial charge in [-0.25, -0.2) is 0 Å². The molecular formula is C20H31ClN4. The zero-order chi connectivity index (χ0) is 17.6. The first-order valence-electron chi connectivity index (χ1n) is 9.68. The van der Waals surface area contributed by atoms with Gasteiger partial charge in [0.1, 0.15) is 0 Å². The van der Waals surface area contributed by atoms with Crippen LogP contribution in [-0.4, -0.2) is 55.5 Å². The molecule has 0 aromatic heterocycles. The quantitative estimate of drug-likeness (QED) is 0.653. The second kappa shape index (κ2) is 8.91. The van der Waals surface area contributed by atoms with Gasteiger partial charge in [-0.15, -0.1) is 0 Å². The molecular weight excluding hydrogens is 332 g/mol. The Bertz CT molecular complexity index is 583. The van der Waals surface area contributed by atoms with Crippen LogP contribution in [0.1, 0.15) is 44.2 Å². The van der Waals surface area contributed by atoms with Gasteiger partial charge >= 0.3 is 0 Å². The van der Waals surface area contributed by atoms with Crippen molar-refractivity contribution in [1.29, 1.82) is 0 Å². The minimum atomic E-state index is 0.401. The largest absolute Gasteiger partial charge is 0.357 e. The molecule has 5 heteroatoms. The van der Waals surface area contributed by atoms with E-state index < -0.39 is 0 Å². The average molecular weight is 363 g/mol. The number of hydrogen-bond donors (Lipinski definition) is 1. The van der Waals surface area contributed by atoms with Gasteiger partial charge in [0, 0.05) is 37.2 Å². The van der Waals surface area contributed by atoms with Crippen LogP contribution in [-0.2, 0) is 0 Å². The predicted molar refractivity (Wildman–Crippen MR) is 106 cm³/mol. The first kappa shape index (κ1) is 18.5. The maximum absolute atomic E-state index is 6.25. The van der Waals surface area contributed by atoms with Crippen LogP contribution in [0.3, 0.4) is 0 Å². The lowest BCUT2D eigenvalue weighted by atomic mass is 9.85. The molecule has 2 aliphatic rings. The molecule has 1 aromatic rings. The SMILES string of the molecule is CCNC(=NCC1CCCN(C)C1c1cccc(Cl)c1)N1CCCC1. The number of rotatable bonds is 4. The molecule has 3 rings (SSSR count). The van der Waals surface area contributed by atoms with Crippen molar-refractivity contribution in [2.75, 3.05) is 39.8 Å². The number of halogens is 1. The molecule has 1 N–H and O–H groups in total. The van der Waals surface area contributed by atoms with E-state index in [2.05, 4.69) is 47.3 Å². The molecule has 0 aliphatic carbocycles. The third kappa shape index (κ3) is 4.68. The molecule has 138 valence electrons. The zero-order valence-electron chi connectivity index (χ0n) is 15.5. The van der Waals surface area contributed by atoms with Gasteiger partial charge in [0.15, 0.2) is 5.96 Å². The number of piperidine rings is 1. The molecule has 2 unspecified atom stereocenters. The fourth-order valence-electron chi connectivity index (χ4n) is 4.23. The standard InChI is InChI=1S/C20H31ClN4/c1-3-22-20(25-12-4-5-13-25)23-15-17-9-7-11-24(2)19(17)16-8-6-10-18(21)14-16/h6,8,10,14,17,19H,3-5,7,9,11-13,15H2,1-2H3,(H,22,23). The Morgan fingerprint density at radius 1 is 1.24 bits per heavy atom. The van der Waals surface area contributed by atoms with Crippen molar-refractivity contribution >= 4 is 17.6 Å². The fraction of sp³-hybridized carbons (Fsp3) is 0.650. The van der Waals surface area contributed by atoms with Crippen LogP contribution >= 0.6 is 11.6 Å². The normalized spacial score (nSPS) is 25.4. The second-order valence-electron chi connectivity index (χ2n) is 7.27. The Kier molecular flexibility index (Phi) is 6.60. The van der Waals surface area contributed by atoms with Gasteiger partial charge in [-0.05, 0) is 69.8 Å². The maximum Gasteiger partial charge on any atom is 0.193 e. The first-order valence-corrected chi connectivity index (χ1v) is 10.1. The van der Waals surface area contributed by atoms with E-state index >= 15 is 0 Å². The van der Waals surface area contributed by atoms with Crippen LogP contribution in [0.15, 0.2) is 29.3 Å². The Morgan fingerprint density at radius 3 is 2.76 bits per heavy atom. The topological polar surface area (TPSA) is 30.9 Å². The minimum absolute atomic E-state index is 0.401. The molecule has 0 amide bonds. The summed E-state index contributed by atoms with van der Waals surface area (Å²) in [5.74, 6) is 1.63. The van der Waals surface area contributed by atoms with Gasteiger partial charge in [0.05, 0.1) is 0 Å². The number of benzene rings is 1. The highest BCUT2D eigenvalue weighted by atomic mass is 35.5. The molecule has 25 heavy (non-hydrogen) atoms. The van der Waals surface area contributed by atoms with Gasteiger partial charge in [0.2, 0.25) is 0 Å².